The number of hydrogen-bond donors (Lipinski definition) is 0. The Morgan fingerprint density at radius 2 is 0.500 bits per heavy atom. The van der Waals surface area contributed by atoms with E-state index in [1.54, 1.807) is 0 Å². The molecule has 0 radical (unpaired) electrons. The zero-order chi connectivity index (χ0) is 47.8. The number of rotatable bonds is 12. The van der Waals surface area contributed by atoms with Gasteiger partial charge in [-0.25, -0.2) is 15.0 Å². The predicted molar refractivity (Wildman–Crippen MR) is 286 cm³/mol. The summed E-state index contributed by atoms with van der Waals surface area (Å²) in [6, 6.07) is 85.2. The molecule has 0 saturated carbocycles. The van der Waals surface area contributed by atoms with E-state index in [0.717, 1.165) is 102 Å². The number of ether oxygens (including phenoxy) is 3. The topological polar surface area (TPSA) is 81.2 Å². The van der Waals surface area contributed by atoms with Gasteiger partial charge in [0.25, 0.3) is 0 Å². The first-order valence-corrected chi connectivity index (χ1v) is 23.7. The van der Waals surface area contributed by atoms with Crippen LogP contribution in [0.3, 0.4) is 0 Å². The minimum Gasteiger partial charge on any atom is -0.457 e. The summed E-state index contributed by atoms with van der Waals surface area (Å²) >= 11 is 0. The van der Waals surface area contributed by atoms with Gasteiger partial charge in [0.15, 0.2) is 0 Å². The van der Waals surface area contributed by atoms with Crippen LogP contribution in [0.1, 0.15) is 0 Å². The molecule has 0 amide bonds. The first-order valence-electron chi connectivity index (χ1n) is 23.7. The molecular weight excluding hydrogens is 889 g/mol. The molecule has 0 spiro atoms. The quantitative estimate of drug-likeness (QED) is 0.121. The lowest BCUT2D eigenvalue weighted by Gasteiger charge is -2.16. The lowest BCUT2D eigenvalue weighted by atomic mass is 10.0. The monoisotopic (exact) mass is 930 g/mol. The second-order valence-electron chi connectivity index (χ2n) is 17.3. The zero-order valence-electron chi connectivity index (χ0n) is 38.7. The van der Waals surface area contributed by atoms with Gasteiger partial charge in [-0.15, -0.1) is 0 Å². The number of para-hydroxylation sites is 9. The molecule has 0 bridgehead atoms. The second-order valence-corrected chi connectivity index (χ2v) is 17.3. The Labute approximate surface area is 414 Å². The van der Waals surface area contributed by atoms with Gasteiger partial charge < -0.3 is 14.2 Å². The Morgan fingerprint density at radius 3 is 0.806 bits per heavy atom. The summed E-state index contributed by atoms with van der Waals surface area (Å²) in [5.74, 6) is 6.58. The Morgan fingerprint density at radius 1 is 0.236 bits per heavy atom. The molecule has 3 aromatic heterocycles. The molecule has 0 aliphatic rings. The minimum absolute atomic E-state index is 0.705. The van der Waals surface area contributed by atoms with E-state index in [2.05, 4.69) is 105 Å². The summed E-state index contributed by atoms with van der Waals surface area (Å²) in [5, 5.41) is 0. The number of benzene rings is 10. The molecule has 13 aromatic rings. The Balaban J connectivity index is 1.05. The Bertz CT molecular complexity index is 3650. The van der Waals surface area contributed by atoms with E-state index in [9.17, 15) is 0 Å². The van der Waals surface area contributed by atoms with Gasteiger partial charge in [-0.05, 0) is 127 Å². The standard InChI is InChI=1S/C63H42N6O3/c1-4-22-49(23-5-1)70-52-28-16-19-46(40-52)67-58-34-13-10-31-55(58)64-61(67)43-37-44(62-65-56-32-11-14-35-59(56)68(62)47-20-17-29-53(41-47)71-50-24-6-2-7-25-50)39-45(38-43)63-66-57-33-12-15-36-60(57)69(63)48-21-18-30-54(42-48)72-51-26-8-3-9-27-51/h1-42H. The maximum absolute atomic E-state index is 6.41. The van der Waals surface area contributed by atoms with E-state index in [-0.39, 0.29) is 0 Å². The van der Waals surface area contributed by atoms with Gasteiger partial charge in [0, 0.05) is 34.9 Å². The second kappa shape index (κ2) is 18.2. The van der Waals surface area contributed by atoms with Crippen molar-refractivity contribution in [2.45, 2.75) is 0 Å². The fourth-order valence-electron chi connectivity index (χ4n) is 9.39. The van der Waals surface area contributed by atoms with E-state index < -0.39 is 0 Å². The molecule has 10 aromatic carbocycles. The van der Waals surface area contributed by atoms with Crippen LogP contribution in [0.15, 0.2) is 255 Å². The highest BCUT2D eigenvalue weighted by Gasteiger charge is 2.23. The van der Waals surface area contributed by atoms with Crippen molar-refractivity contribution < 1.29 is 14.2 Å². The first kappa shape index (κ1) is 42.1. The van der Waals surface area contributed by atoms with Gasteiger partial charge in [0.1, 0.15) is 52.0 Å². The van der Waals surface area contributed by atoms with Crippen molar-refractivity contribution in [3.8, 4) is 85.7 Å². The van der Waals surface area contributed by atoms with Crippen molar-refractivity contribution in [3.05, 3.63) is 255 Å². The lowest BCUT2D eigenvalue weighted by Crippen LogP contribution is -2.02. The van der Waals surface area contributed by atoms with Gasteiger partial charge in [-0.3, -0.25) is 13.7 Å². The highest BCUT2D eigenvalue weighted by atomic mass is 16.5. The summed E-state index contributed by atoms with van der Waals surface area (Å²) in [6.07, 6.45) is 0. The molecule has 0 unspecified atom stereocenters. The number of fused-ring (bicyclic) bond motifs is 3. The highest BCUT2D eigenvalue weighted by molar-refractivity contribution is 5.90. The Hall–Kier alpha value is -9.99. The summed E-state index contributed by atoms with van der Waals surface area (Å²) in [7, 11) is 0. The van der Waals surface area contributed by atoms with Crippen LogP contribution in [0.25, 0.3) is 84.3 Å². The third kappa shape index (κ3) is 8.06. The van der Waals surface area contributed by atoms with Crippen LogP contribution in [0.5, 0.6) is 34.5 Å². The zero-order valence-corrected chi connectivity index (χ0v) is 38.7. The van der Waals surface area contributed by atoms with Crippen molar-refractivity contribution in [3.63, 3.8) is 0 Å². The molecule has 13 rings (SSSR count). The summed E-state index contributed by atoms with van der Waals surface area (Å²) < 4.78 is 25.8. The normalized spacial score (nSPS) is 11.3. The SMILES string of the molecule is c1ccc(Oc2cccc(-n3c(-c4cc(-c5nc6ccccc6n5-c5cccc(Oc6ccccc6)c5)cc(-c5nc6ccccc6n5-c5cccc(Oc6ccccc6)c5)c4)nc4ccccc43)c2)cc1. The first-order chi connectivity index (χ1) is 35.6. The van der Waals surface area contributed by atoms with Crippen LogP contribution in [0.4, 0.5) is 0 Å². The lowest BCUT2D eigenvalue weighted by molar-refractivity contribution is 0.482. The summed E-state index contributed by atoms with van der Waals surface area (Å²) in [5.41, 5.74) is 10.6. The maximum Gasteiger partial charge on any atom is 0.145 e. The van der Waals surface area contributed by atoms with Crippen molar-refractivity contribution in [1.29, 1.82) is 0 Å². The van der Waals surface area contributed by atoms with Gasteiger partial charge in [0.2, 0.25) is 0 Å². The van der Waals surface area contributed by atoms with Gasteiger partial charge in [-0.1, -0.05) is 109 Å². The van der Waals surface area contributed by atoms with Gasteiger partial charge in [0.05, 0.1) is 50.2 Å². The third-order valence-electron chi connectivity index (χ3n) is 12.6. The van der Waals surface area contributed by atoms with E-state index >= 15 is 0 Å². The van der Waals surface area contributed by atoms with Crippen LogP contribution in [-0.4, -0.2) is 28.7 Å². The van der Waals surface area contributed by atoms with Crippen molar-refractivity contribution >= 4 is 33.1 Å². The molecule has 0 aliphatic carbocycles. The van der Waals surface area contributed by atoms with Crippen molar-refractivity contribution in [2.75, 3.05) is 0 Å². The number of imidazole rings is 3. The van der Waals surface area contributed by atoms with Gasteiger partial charge >= 0.3 is 0 Å². The van der Waals surface area contributed by atoms with E-state index in [0.29, 0.717) is 17.2 Å². The van der Waals surface area contributed by atoms with Crippen LogP contribution < -0.4 is 14.2 Å². The highest BCUT2D eigenvalue weighted by Crippen LogP contribution is 2.40. The van der Waals surface area contributed by atoms with Crippen molar-refractivity contribution in [1.82, 2.24) is 28.7 Å². The van der Waals surface area contributed by atoms with Crippen LogP contribution in [0.2, 0.25) is 0 Å². The molecule has 0 aliphatic heterocycles. The van der Waals surface area contributed by atoms with E-state index in [4.69, 9.17) is 29.2 Å². The summed E-state index contributed by atoms with van der Waals surface area (Å²) in [6.45, 7) is 0. The molecule has 9 heteroatoms. The fourth-order valence-corrected chi connectivity index (χ4v) is 9.39. The molecule has 9 nitrogen and oxygen atoms in total. The molecule has 0 atom stereocenters. The molecule has 0 N–H and O–H groups in total. The molecule has 3 heterocycles. The number of nitrogens with zero attached hydrogens (tertiary/aromatic N) is 6. The maximum atomic E-state index is 6.41. The number of hydrogen-bond acceptors (Lipinski definition) is 6. The Kier molecular flexibility index (Phi) is 10.6. The van der Waals surface area contributed by atoms with Crippen LogP contribution in [0, 0.1) is 0 Å². The third-order valence-corrected chi connectivity index (χ3v) is 12.6. The predicted octanol–water partition coefficient (Wildman–Crippen LogP) is 16.1. The summed E-state index contributed by atoms with van der Waals surface area (Å²) in [4.78, 5) is 16.3. The van der Waals surface area contributed by atoms with Crippen LogP contribution >= 0.6 is 0 Å². The van der Waals surface area contributed by atoms with Gasteiger partial charge in [-0.2, -0.15) is 0 Å². The molecule has 0 fully saturated rings. The average Bonchev–Trinajstić information content (AvgIpc) is 4.15. The van der Waals surface area contributed by atoms with E-state index in [1.165, 1.54) is 0 Å². The molecule has 342 valence electrons. The van der Waals surface area contributed by atoms with Crippen LogP contribution in [-0.2, 0) is 0 Å². The molecule has 0 saturated heterocycles. The molecular formula is C63H42N6O3. The largest absolute Gasteiger partial charge is 0.457 e. The smallest absolute Gasteiger partial charge is 0.145 e. The fraction of sp³-hybridized carbons (Fsp3) is 0. The van der Waals surface area contributed by atoms with E-state index in [1.807, 2.05) is 164 Å². The average molecular weight is 931 g/mol. The minimum atomic E-state index is 0.705. The van der Waals surface area contributed by atoms with Crippen molar-refractivity contribution in [2.24, 2.45) is 0 Å². The number of aromatic nitrogens is 6. The molecule has 72 heavy (non-hydrogen) atoms.